The quantitative estimate of drug-likeness (QED) is 0.634. The van der Waals surface area contributed by atoms with Gasteiger partial charge in [0.15, 0.2) is 0 Å². The predicted octanol–water partition coefficient (Wildman–Crippen LogP) is 4.17. The van der Waals surface area contributed by atoms with Crippen LogP contribution in [0.4, 0.5) is 0 Å². The Morgan fingerprint density at radius 3 is 2.82 bits per heavy atom. The van der Waals surface area contributed by atoms with E-state index in [0.29, 0.717) is 0 Å². The van der Waals surface area contributed by atoms with Gasteiger partial charge in [-0.25, -0.2) is 5.26 Å². The average Bonchev–Trinajstić information content (AvgIpc) is 3.28. The number of halogens is 1. The molecule has 0 unspecified atom stereocenters. The highest BCUT2D eigenvalue weighted by atomic mass is 79.9. The van der Waals surface area contributed by atoms with Gasteiger partial charge in [-0.2, -0.15) is 5.10 Å². The summed E-state index contributed by atoms with van der Waals surface area (Å²) in [6.07, 6.45) is 6.10. The summed E-state index contributed by atoms with van der Waals surface area (Å²) in [5.41, 5.74) is 6.41. The molecule has 0 spiro atoms. The summed E-state index contributed by atoms with van der Waals surface area (Å²) in [7, 11) is 0. The van der Waals surface area contributed by atoms with E-state index in [1.54, 1.807) is 0 Å². The van der Waals surface area contributed by atoms with E-state index < -0.39 is 0 Å². The molecule has 28 heavy (non-hydrogen) atoms. The Balaban J connectivity index is 1.50. The van der Waals surface area contributed by atoms with Gasteiger partial charge in [0, 0.05) is 22.4 Å². The van der Waals surface area contributed by atoms with Crippen molar-refractivity contribution < 1.29 is 0 Å². The molecule has 1 N–H and O–H groups in total. The molecule has 1 aromatic heterocycles. The molecule has 0 bridgehead atoms. The SMILES string of the molecule is N#CB1C(c2n[nH]c3cc(Br)ccc23)=Cc2cc(CN3CCCCC3)ccc21. The normalized spacial score (nSPS) is 16.9. The second-order valence-corrected chi connectivity index (χ2v) is 8.64. The fraction of sp³-hybridized carbons (Fsp3) is 0.273. The van der Waals surface area contributed by atoms with Crippen LogP contribution >= 0.6 is 15.9 Å². The van der Waals surface area contributed by atoms with Crippen LogP contribution in [0.1, 0.15) is 36.1 Å². The lowest BCUT2D eigenvalue weighted by Crippen LogP contribution is -2.30. The van der Waals surface area contributed by atoms with Crippen LogP contribution in [0.3, 0.4) is 0 Å². The van der Waals surface area contributed by atoms with Crippen LogP contribution in [0.25, 0.3) is 22.5 Å². The van der Waals surface area contributed by atoms with E-state index in [1.807, 2.05) is 12.1 Å². The van der Waals surface area contributed by atoms with Crippen LogP contribution in [0.2, 0.25) is 0 Å². The maximum atomic E-state index is 9.88. The van der Waals surface area contributed by atoms with E-state index in [-0.39, 0.29) is 6.71 Å². The maximum Gasteiger partial charge on any atom is 0.335 e. The van der Waals surface area contributed by atoms with Crippen molar-refractivity contribution >= 4 is 50.6 Å². The first-order valence-electron chi connectivity index (χ1n) is 9.83. The summed E-state index contributed by atoms with van der Waals surface area (Å²) in [5, 5.41) is 18.6. The first-order chi connectivity index (χ1) is 13.7. The van der Waals surface area contributed by atoms with Gasteiger partial charge in [0.25, 0.3) is 0 Å². The average molecular weight is 431 g/mol. The molecule has 0 amide bonds. The van der Waals surface area contributed by atoms with Crippen LogP contribution < -0.4 is 5.46 Å². The fourth-order valence-corrected chi connectivity index (χ4v) is 4.82. The van der Waals surface area contributed by atoms with Gasteiger partial charge in [0.2, 0.25) is 0 Å². The highest BCUT2D eigenvalue weighted by Crippen LogP contribution is 2.31. The number of piperidine rings is 1. The van der Waals surface area contributed by atoms with Crippen LogP contribution in [0.5, 0.6) is 0 Å². The first kappa shape index (κ1) is 17.7. The minimum atomic E-state index is -0.269. The van der Waals surface area contributed by atoms with Crippen LogP contribution in [0, 0.1) is 11.2 Å². The van der Waals surface area contributed by atoms with Crippen molar-refractivity contribution in [1.29, 1.82) is 5.26 Å². The van der Waals surface area contributed by atoms with Crippen molar-refractivity contribution in [2.45, 2.75) is 25.8 Å². The third kappa shape index (κ3) is 3.09. The van der Waals surface area contributed by atoms with E-state index in [2.05, 4.69) is 67.3 Å². The maximum absolute atomic E-state index is 9.88. The first-order valence-corrected chi connectivity index (χ1v) is 10.6. The highest BCUT2D eigenvalue weighted by molar-refractivity contribution is 9.10. The van der Waals surface area contributed by atoms with Crippen LogP contribution in [-0.4, -0.2) is 34.9 Å². The summed E-state index contributed by atoms with van der Waals surface area (Å²) < 4.78 is 1.01. The minimum Gasteiger partial charge on any atom is -0.299 e. The molecule has 2 aliphatic rings. The molecule has 138 valence electrons. The van der Waals surface area contributed by atoms with Gasteiger partial charge in [0.05, 0.1) is 11.2 Å². The fourth-order valence-electron chi connectivity index (χ4n) is 4.46. The molecule has 4 nitrogen and oxygen atoms in total. The third-order valence-corrected chi connectivity index (χ3v) is 6.36. The van der Waals surface area contributed by atoms with Gasteiger partial charge >= 0.3 is 6.71 Å². The number of aromatic amines is 1. The van der Waals surface area contributed by atoms with Crippen molar-refractivity contribution in [2.24, 2.45) is 0 Å². The lowest BCUT2D eigenvalue weighted by atomic mass is 9.43. The summed E-state index contributed by atoms with van der Waals surface area (Å²) in [5.74, 6) is 2.49. The highest BCUT2D eigenvalue weighted by Gasteiger charge is 2.33. The standard InChI is InChI=1S/C22H20BBrN4/c24-17-5-6-18-21(12-17)26-27-22(18)20-11-16-10-15(4-7-19(16)23(20)14-25)13-28-8-2-1-3-9-28/h4-7,10-12H,1-3,8-9,13H2,(H,26,27). The Labute approximate surface area is 173 Å². The molecule has 3 heterocycles. The second-order valence-electron chi connectivity index (χ2n) is 7.72. The molecule has 2 aromatic carbocycles. The third-order valence-electron chi connectivity index (χ3n) is 5.87. The van der Waals surface area contributed by atoms with Gasteiger partial charge in [-0.3, -0.25) is 10.00 Å². The molecule has 0 radical (unpaired) electrons. The number of nitriles is 1. The summed E-state index contributed by atoms with van der Waals surface area (Å²) in [4.78, 5) is 2.53. The molecule has 1 saturated heterocycles. The van der Waals surface area contributed by atoms with Gasteiger partial charge < -0.3 is 0 Å². The second kappa shape index (κ2) is 7.23. The number of likely N-dealkylation sites (tertiary alicyclic amines) is 1. The molecular formula is C22H20BBrN4. The lowest BCUT2D eigenvalue weighted by Gasteiger charge is -2.26. The summed E-state index contributed by atoms with van der Waals surface area (Å²) in [6.45, 7) is 3.10. The number of fused-ring (bicyclic) bond motifs is 2. The molecule has 0 aliphatic carbocycles. The van der Waals surface area contributed by atoms with Gasteiger partial charge in [-0.05, 0) is 60.7 Å². The zero-order valence-electron chi connectivity index (χ0n) is 15.6. The number of nitrogens with one attached hydrogen (secondary N) is 1. The lowest BCUT2D eigenvalue weighted by molar-refractivity contribution is 0.221. The Hall–Kier alpha value is -2.36. The minimum absolute atomic E-state index is 0.269. The molecule has 0 atom stereocenters. The predicted molar refractivity (Wildman–Crippen MR) is 118 cm³/mol. The van der Waals surface area contributed by atoms with Crippen molar-refractivity contribution in [3.63, 3.8) is 0 Å². The van der Waals surface area contributed by atoms with E-state index in [4.69, 9.17) is 0 Å². The van der Waals surface area contributed by atoms with E-state index in [9.17, 15) is 5.26 Å². The number of hydrogen-bond acceptors (Lipinski definition) is 3. The molecule has 6 heteroatoms. The van der Waals surface area contributed by atoms with Gasteiger partial charge in [-0.1, -0.05) is 52.1 Å². The molecule has 3 aromatic rings. The Bertz CT molecular complexity index is 1120. The Morgan fingerprint density at radius 1 is 1.14 bits per heavy atom. The number of benzene rings is 2. The number of nitrogens with zero attached hydrogens (tertiary/aromatic N) is 3. The molecule has 1 fully saturated rings. The van der Waals surface area contributed by atoms with Crippen molar-refractivity contribution in [2.75, 3.05) is 13.1 Å². The summed E-state index contributed by atoms with van der Waals surface area (Å²) in [6, 6.07) is 12.7. The molecule has 5 rings (SSSR count). The number of rotatable bonds is 3. The van der Waals surface area contributed by atoms with Crippen molar-refractivity contribution in [3.05, 3.63) is 57.7 Å². The smallest absolute Gasteiger partial charge is 0.299 e. The topological polar surface area (TPSA) is 55.7 Å². The van der Waals surface area contributed by atoms with Crippen LogP contribution in [-0.2, 0) is 6.54 Å². The van der Waals surface area contributed by atoms with Crippen molar-refractivity contribution in [1.82, 2.24) is 15.1 Å². The molecular weight excluding hydrogens is 411 g/mol. The monoisotopic (exact) mass is 430 g/mol. The molecule has 0 saturated carbocycles. The number of H-pyrrole nitrogens is 1. The Morgan fingerprint density at radius 2 is 2.00 bits per heavy atom. The van der Waals surface area contributed by atoms with E-state index >= 15 is 0 Å². The van der Waals surface area contributed by atoms with Crippen molar-refractivity contribution in [3.8, 4) is 5.97 Å². The van der Waals surface area contributed by atoms with Gasteiger partial charge in [0.1, 0.15) is 0 Å². The zero-order chi connectivity index (χ0) is 19.1. The molecule has 2 aliphatic heterocycles. The zero-order valence-corrected chi connectivity index (χ0v) is 17.2. The summed E-state index contributed by atoms with van der Waals surface area (Å²) >= 11 is 3.50. The number of aromatic nitrogens is 2. The van der Waals surface area contributed by atoms with Gasteiger partial charge in [-0.15, -0.1) is 0 Å². The Kier molecular flexibility index (Phi) is 4.58. The number of hydrogen-bond donors (Lipinski definition) is 1. The largest absolute Gasteiger partial charge is 0.335 e. The van der Waals surface area contributed by atoms with E-state index in [1.165, 1.54) is 37.9 Å². The van der Waals surface area contributed by atoms with E-state index in [0.717, 1.165) is 44.1 Å². The van der Waals surface area contributed by atoms with Crippen LogP contribution in [0.15, 0.2) is 40.9 Å².